The second-order valence-electron chi connectivity index (χ2n) is 8.36. The van der Waals surface area contributed by atoms with Gasteiger partial charge in [0.05, 0.1) is 19.1 Å². The maximum absolute atomic E-state index is 11.1. The Balaban J connectivity index is 1.96. The Hall–Kier alpha value is -0.900. The Morgan fingerprint density at radius 2 is 1.33 bits per heavy atom. The van der Waals surface area contributed by atoms with Crippen LogP contribution in [-0.2, 0) is 4.79 Å². The van der Waals surface area contributed by atoms with Crippen molar-refractivity contribution in [2.24, 2.45) is 4.99 Å². The number of aliphatic carboxylic acids is 1. The Morgan fingerprint density at radius 1 is 0.852 bits per heavy atom. The highest BCUT2D eigenvalue weighted by molar-refractivity contribution is 5.79. The van der Waals surface area contributed by atoms with E-state index in [9.17, 15) is 9.90 Å². The molecule has 158 valence electrons. The van der Waals surface area contributed by atoms with Crippen LogP contribution in [0.5, 0.6) is 0 Å². The number of hydrogen-bond acceptors (Lipinski definition) is 3. The molecule has 0 radical (unpaired) electrons. The van der Waals surface area contributed by atoms with Crippen LogP contribution in [-0.4, -0.2) is 42.5 Å². The minimum Gasteiger partial charge on any atom is -0.544 e. The van der Waals surface area contributed by atoms with Crippen molar-refractivity contribution in [2.75, 3.05) is 26.2 Å². The predicted molar refractivity (Wildman–Crippen MR) is 113 cm³/mol. The number of carboxylic acid groups (broad SMARTS) is 1. The number of carbonyl (C=O) groups is 1. The minimum absolute atomic E-state index is 0.0912. The number of hydrogen-bond donors (Lipinski definition) is 0. The molecule has 0 saturated heterocycles. The first-order valence-corrected chi connectivity index (χ1v) is 11.7. The van der Waals surface area contributed by atoms with Crippen molar-refractivity contribution in [3.8, 4) is 0 Å². The zero-order chi connectivity index (χ0) is 19.8. The largest absolute Gasteiger partial charge is 0.544 e. The molecule has 0 spiro atoms. The molecule has 0 saturated carbocycles. The van der Waals surface area contributed by atoms with E-state index in [4.69, 9.17) is 0 Å². The van der Waals surface area contributed by atoms with E-state index in [1.165, 1.54) is 83.5 Å². The summed E-state index contributed by atoms with van der Waals surface area (Å²) in [5, 5.41) is 11.1. The summed E-state index contributed by atoms with van der Waals surface area (Å²) >= 11 is 0. The van der Waals surface area contributed by atoms with Crippen LogP contribution in [0.15, 0.2) is 4.99 Å². The molecule has 0 N–H and O–H groups in total. The second kappa shape index (κ2) is 15.1. The second-order valence-corrected chi connectivity index (χ2v) is 8.36. The van der Waals surface area contributed by atoms with Crippen molar-refractivity contribution in [1.82, 2.24) is 0 Å². The van der Waals surface area contributed by atoms with Gasteiger partial charge in [0.15, 0.2) is 5.84 Å². The van der Waals surface area contributed by atoms with E-state index in [0.29, 0.717) is 4.48 Å². The fraction of sp³-hybridized carbons (Fsp3) is 0.913. The molecule has 1 aliphatic heterocycles. The molecule has 1 heterocycles. The molecule has 4 heteroatoms. The number of rotatable bonds is 18. The standard InChI is InChI=1S/C23H44N2O2/c1-3-5-6-7-8-9-10-11-12-13-14-15-16-17-18-22-24-19-20-25(22,4-2)21-23(26)27/h3-21H2,1-2H3. The van der Waals surface area contributed by atoms with Gasteiger partial charge in [-0.15, -0.1) is 0 Å². The third-order valence-electron chi connectivity index (χ3n) is 6.16. The van der Waals surface area contributed by atoms with Gasteiger partial charge in [0.25, 0.3) is 0 Å². The van der Waals surface area contributed by atoms with Crippen LogP contribution in [0.4, 0.5) is 0 Å². The minimum atomic E-state index is -0.951. The average molecular weight is 381 g/mol. The topological polar surface area (TPSA) is 52.5 Å². The summed E-state index contributed by atoms with van der Waals surface area (Å²) in [6, 6.07) is 0. The summed E-state index contributed by atoms with van der Waals surface area (Å²) in [6.45, 7) is 6.85. The predicted octanol–water partition coefficient (Wildman–Crippen LogP) is 4.86. The number of quaternary nitrogens is 1. The van der Waals surface area contributed by atoms with Crippen LogP contribution < -0.4 is 5.11 Å². The quantitative estimate of drug-likeness (QED) is 0.252. The summed E-state index contributed by atoms with van der Waals surface area (Å²) in [5.41, 5.74) is 0. The van der Waals surface area contributed by atoms with E-state index in [1.807, 2.05) is 0 Å². The highest BCUT2D eigenvalue weighted by atomic mass is 16.4. The average Bonchev–Trinajstić information content (AvgIpc) is 3.04. The number of unbranched alkanes of at least 4 members (excludes halogenated alkanes) is 13. The van der Waals surface area contributed by atoms with Gasteiger partial charge < -0.3 is 9.90 Å². The molecule has 0 aliphatic carbocycles. The van der Waals surface area contributed by atoms with E-state index in [0.717, 1.165) is 38.3 Å². The lowest BCUT2D eigenvalue weighted by Gasteiger charge is -2.34. The van der Waals surface area contributed by atoms with Gasteiger partial charge in [0.2, 0.25) is 0 Å². The summed E-state index contributed by atoms with van der Waals surface area (Å²) in [4.78, 5) is 15.7. The Morgan fingerprint density at radius 3 is 1.78 bits per heavy atom. The maximum Gasteiger partial charge on any atom is 0.198 e. The highest BCUT2D eigenvalue weighted by Crippen LogP contribution is 2.20. The zero-order valence-electron chi connectivity index (χ0n) is 18.1. The third kappa shape index (κ3) is 10.3. The molecule has 1 aliphatic rings. The fourth-order valence-electron chi connectivity index (χ4n) is 4.31. The summed E-state index contributed by atoms with van der Waals surface area (Å²) < 4.78 is 0.529. The third-order valence-corrected chi connectivity index (χ3v) is 6.16. The van der Waals surface area contributed by atoms with E-state index >= 15 is 0 Å². The lowest BCUT2D eigenvalue weighted by molar-refractivity contribution is -0.829. The van der Waals surface area contributed by atoms with Gasteiger partial charge in [-0.05, 0) is 13.3 Å². The van der Waals surface area contributed by atoms with E-state index < -0.39 is 5.97 Å². The summed E-state index contributed by atoms with van der Waals surface area (Å²) in [5.74, 6) is 0.146. The summed E-state index contributed by atoms with van der Waals surface area (Å²) in [6.07, 6.45) is 20.0. The van der Waals surface area contributed by atoms with Crippen LogP contribution in [0.2, 0.25) is 0 Å². The lowest BCUT2D eigenvalue weighted by Crippen LogP contribution is -2.56. The molecule has 4 nitrogen and oxygen atoms in total. The number of carboxylic acids is 1. The molecule has 0 bridgehead atoms. The molecular formula is C23H44N2O2. The van der Waals surface area contributed by atoms with Crippen molar-refractivity contribution >= 4 is 11.8 Å². The number of nitrogens with zero attached hydrogens (tertiary/aromatic N) is 2. The van der Waals surface area contributed by atoms with Gasteiger partial charge in [-0.2, -0.15) is 0 Å². The molecule has 0 fully saturated rings. The molecule has 0 amide bonds. The van der Waals surface area contributed by atoms with Gasteiger partial charge in [-0.3, -0.25) is 4.48 Å². The molecule has 0 aromatic heterocycles. The smallest absolute Gasteiger partial charge is 0.198 e. The fourth-order valence-corrected chi connectivity index (χ4v) is 4.31. The monoisotopic (exact) mass is 380 g/mol. The van der Waals surface area contributed by atoms with Crippen LogP contribution in [0, 0.1) is 0 Å². The van der Waals surface area contributed by atoms with Crippen LogP contribution in [0.1, 0.15) is 110 Å². The first-order valence-electron chi connectivity index (χ1n) is 11.7. The number of likely N-dealkylation sites (N-methyl/N-ethyl adjacent to an activating group) is 1. The van der Waals surface area contributed by atoms with Crippen molar-refractivity contribution < 1.29 is 14.4 Å². The number of aliphatic imine (C=N–C) groups is 1. The Bertz CT molecular complexity index is 423. The van der Waals surface area contributed by atoms with Crippen LogP contribution in [0.25, 0.3) is 0 Å². The van der Waals surface area contributed by atoms with Crippen LogP contribution >= 0.6 is 0 Å². The Kier molecular flexibility index (Phi) is 13.5. The maximum atomic E-state index is 11.1. The first kappa shape index (κ1) is 24.1. The van der Waals surface area contributed by atoms with Gasteiger partial charge in [0, 0.05) is 6.42 Å². The number of carbonyl (C=O) groups excluding carboxylic acids is 1. The molecule has 27 heavy (non-hydrogen) atoms. The molecule has 1 unspecified atom stereocenters. The zero-order valence-corrected chi connectivity index (χ0v) is 18.1. The SMILES string of the molecule is CCCCCCCCCCCCCCCCC1=NCC[N+]1(CC)CC(=O)[O-]. The Labute approximate surface area is 168 Å². The van der Waals surface area contributed by atoms with Crippen molar-refractivity contribution in [3.63, 3.8) is 0 Å². The number of amidine groups is 1. The van der Waals surface area contributed by atoms with Crippen molar-refractivity contribution in [2.45, 2.75) is 110 Å². The van der Waals surface area contributed by atoms with Crippen LogP contribution in [0.3, 0.4) is 0 Å². The van der Waals surface area contributed by atoms with Crippen molar-refractivity contribution in [3.05, 3.63) is 0 Å². The molecule has 0 aromatic rings. The normalized spacial score (nSPS) is 19.4. The highest BCUT2D eigenvalue weighted by Gasteiger charge is 2.35. The molecule has 1 rings (SSSR count). The molecular weight excluding hydrogens is 336 g/mol. The van der Waals surface area contributed by atoms with Crippen molar-refractivity contribution in [1.29, 1.82) is 0 Å². The van der Waals surface area contributed by atoms with E-state index in [1.54, 1.807) is 0 Å². The van der Waals surface area contributed by atoms with E-state index in [-0.39, 0.29) is 6.54 Å². The van der Waals surface area contributed by atoms with Gasteiger partial charge in [-0.25, -0.2) is 4.99 Å². The first-order chi connectivity index (χ1) is 13.1. The van der Waals surface area contributed by atoms with Gasteiger partial charge in [-0.1, -0.05) is 90.4 Å². The van der Waals surface area contributed by atoms with Gasteiger partial charge >= 0.3 is 0 Å². The molecule has 0 aromatic carbocycles. The molecule has 1 atom stereocenters. The lowest BCUT2D eigenvalue weighted by atomic mass is 10.0. The van der Waals surface area contributed by atoms with Gasteiger partial charge in [0.1, 0.15) is 13.1 Å². The van der Waals surface area contributed by atoms with E-state index in [2.05, 4.69) is 18.8 Å². The summed E-state index contributed by atoms with van der Waals surface area (Å²) in [7, 11) is 0.